The second-order valence-electron chi connectivity index (χ2n) is 3.51. The van der Waals surface area contributed by atoms with Crippen LogP contribution in [0.2, 0.25) is 0 Å². The topological polar surface area (TPSA) is 0 Å². The molecule has 0 bridgehead atoms. The third kappa shape index (κ3) is 4.48. The fraction of sp³-hybridized carbons (Fsp3) is 0.385. The van der Waals surface area contributed by atoms with E-state index in [9.17, 15) is 0 Å². The first-order valence-corrected chi connectivity index (χ1v) is 5.62. The number of alkyl halides is 1. The van der Waals surface area contributed by atoms with Crippen LogP contribution in [-0.2, 0) is 6.42 Å². The maximum absolute atomic E-state index is 5.62. The minimum Gasteiger partial charge on any atom is -0.126 e. The van der Waals surface area contributed by atoms with E-state index in [4.69, 9.17) is 11.6 Å². The Bertz CT molecular complexity index is 275. The summed E-state index contributed by atoms with van der Waals surface area (Å²) < 4.78 is 0. The first kappa shape index (κ1) is 11.3. The number of hydrogen-bond donors (Lipinski definition) is 0. The maximum Gasteiger partial charge on any atom is 0.0258 e. The Labute approximate surface area is 91.6 Å². The van der Waals surface area contributed by atoms with Crippen LogP contribution in [0.25, 0.3) is 0 Å². The van der Waals surface area contributed by atoms with Gasteiger partial charge in [0, 0.05) is 5.88 Å². The molecule has 0 N–H and O–H groups in total. The van der Waals surface area contributed by atoms with Gasteiger partial charge in [0.05, 0.1) is 0 Å². The lowest BCUT2D eigenvalue weighted by atomic mass is 10.1. The van der Waals surface area contributed by atoms with Crippen molar-refractivity contribution in [3.05, 3.63) is 47.5 Å². The van der Waals surface area contributed by atoms with Crippen LogP contribution < -0.4 is 0 Å². The largest absolute Gasteiger partial charge is 0.126 e. The molecule has 0 spiro atoms. The summed E-state index contributed by atoms with van der Waals surface area (Å²) in [5.41, 5.74) is 2.85. The van der Waals surface area contributed by atoms with Crippen molar-refractivity contribution in [1.29, 1.82) is 0 Å². The van der Waals surface area contributed by atoms with E-state index in [0.29, 0.717) is 0 Å². The molecule has 1 heteroatoms. The van der Waals surface area contributed by atoms with Crippen LogP contribution >= 0.6 is 11.6 Å². The van der Waals surface area contributed by atoms with Crippen molar-refractivity contribution in [3.63, 3.8) is 0 Å². The summed E-state index contributed by atoms with van der Waals surface area (Å²) in [6, 6.07) is 10.6. The average Bonchev–Trinajstić information content (AvgIpc) is 2.25. The fourth-order valence-electron chi connectivity index (χ4n) is 1.39. The molecule has 14 heavy (non-hydrogen) atoms. The highest BCUT2D eigenvalue weighted by Crippen LogP contribution is 2.09. The predicted octanol–water partition coefficient (Wildman–Crippen LogP) is 4.19. The normalized spacial score (nSPS) is 11.7. The summed E-state index contributed by atoms with van der Waals surface area (Å²) in [7, 11) is 0. The molecule has 0 aromatic heterocycles. The molecule has 0 aliphatic carbocycles. The Balaban J connectivity index is 2.34. The minimum atomic E-state index is 0.725. The quantitative estimate of drug-likeness (QED) is 0.503. The van der Waals surface area contributed by atoms with E-state index in [1.807, 2.05) is 0 Å². The van der Waals surface area contributed by atoms with E-state index in [2.05, 4.69) is 43.3 Å². The number of halogens is 1. The lowest BCUT2D eigenvalue weighted by molar-refractivity contribution is 0.929. The van der Waals surface area contributed by atoms with Crippen molar-refractivity contribution < 1.29 is 0 Å². The molecule has 0 saturated heterocycles. The van der Waals surface area contributed by atoms with Gasteiger partial charge in [-0.25, -0.2) is 0 Å². The molecule has 0 aliphatic heterocycles. The SMILES string of the molecule is CC(=CCCCl)CCc1ccccc1. The maximum atomic E-state index is 5.62. The Morgan fingerprint density at radius 1 is 1.29 bits per heavy atom. The molecule has 0 amide bonds. The summed E-state index contributed by atoms with van der Waals surface area (Å²) in [6.07, 6.45) is 5.49. The van der Waals surface area contributed by atoms with Crippen molar-refractivity contribution in [2.75, 3.05) is 5.88 Å². The van der Waals surface area contributed by atoms with Crippen molar-refractivity contribution in [2.45, 2.75) is 26.2 Å². The minimum absolute atomic E-state index is 0.725. The number of aryl methyl sites for hydroxylation is 1. The van der Waals surface area contributed by atoms with Gasteiger partial charge in [0.1, 0.15) is 0 Å². The smallest absolute Gasteiger partial charge is 0.0258 e. The Hall–Kier alpha value is -0.750. The van der Waals surface area contributed by atoms with E-state index >= 15 is 0 Å². The van der Waals surface area contributed by atoms with Crippen LogP contribution in [-0.4, -0.2) is 5.88 Å². The van der Waals surface area contributed by atoms with Gasteiger partial charge in [0.2, 0.25) is 0 Å². The monoisotopic (exact) mass is 208 g/mol. The lowest BCUT2D eigenvalue weighted by Gasteiger charge is -2.01. The van der Waals surface area contributed by atoms with Gasteiger partial charge < -0.3 is 0 Å². The van der Waals surface area contributed by atoms with Gasteiger partial charge in [0.15, 0.2) is 0 Å². The Morgan fingerprint density at radius 3 is 2.64 bits per heavy atom. The molecule has 0 saturated carbocycles. The molecule has 0 aliphatic rings. The van der Waals surface area contributed by atoms with Crippen LogP contribution in [0.5, 0.6) is 0 Å². The molecular weight excluding hydrogens is 192 g/mol. The van der Waals surface area contributed by atoms with Gasteiger partial charge in [-0.05, 0) is 31.7 Å². The molecule has 0 nitrogen and oxygen atoms in total. The molecule has 1 rings (SSSR count). The zero-order valence-corrected chi connectivity index (χ0v) is 9.43. The predicted molar refractivity (Wildman–Crippen MR) is 63.9 cm³/mol. The second kappa shape index (κ2) is 6.67. The fourth-order valence-corrected chi connectivity index (χ4v) is 1.50. The van der Waals surface area contributed by atoms with E-state index in [1.165, 1.54) is 11.1 Å². The number of rotatable bonds is 5. The zero-order valence-electron chi connectivity index (χ0n) is 8.67. The van der Waals surface area contributed by atoms with Crippen LogP contribution in [0.15, 0.2) is 42.0 Å². The van der Waals surface area contributed by atoms with Gasteiger partial charge in [0.25, 0.3) is 0 Å². The summed E-state index contributed by atoms with van der Waals surface area (Å²) in [5, 5.41) is 0. The average molecular weight is 209 g/mol. The Morgan fingerprint density at radius 2 is 2.00 bits per heavy atom. The molecule has 0 unspecified atom stereocenters. The molecule has 76 valence electrons. The number of hydrogen-bond acceptors (Lipinski definition) is 0. The molecule has 0 heterocycles. The van der Waals surface area contributed by atoms with Crippen molar-refractivity contribution >= 4 is 11.6 Å². The zero-order chi connectivity index (χ0) is 10.2. The molecule has 0 radical (unpaired) electrons. The van der Waals surface area contributed by atoms with Crippen molar-refractivity contribution in [2.24, 2.45) is 0 Å². The molecule has 0 fully saturated rings. The first-order chi connectivity index (χ1) is 6.83. The van der Waals surface area contributed by atoms with Gasteiger partial charge >= 0.3 is 0 Å². The summed E-state index contributed by atoms with van der Waals surface area (Å²) >= 11 is 5.62. The summed E-state index contributed by atoms with van der Waals surface area (Å²) in [5.74, 6) is 0.725. The molecule has 0 atom stereocenters. The highest BCUT2D eigenvalue weighted by molar-refractivity contribution is 6.17. The standard InChI is InChI=1S/C13H17Cl/c1-12(6-5-11-14)9-10-13-7-3-2-4-8-13/h2-4,6-8H,5,9-11H2,1H3. The van der Waals surface area contributed by atoms with E-state index in [0.717, 1.165) is 25.1 Å². The van der Waals surface area contributed by atoms with Gasteiger partial charge in [-0.15, -0.1) is 11.6 Å². The van der Waals surface area contributed by atoms with E-state index in [-0.39, 0.29) is 0 Å². The molecular formula is C13H17Cl. The number of allylic oxidation sites excluding steroid dienone is 2. The third-order valence-corrected chi connectivity index (χ3v) is 2.47. The van der Waals surface area contributed by atoms with Gasteiger partial charge in [-0.1, -0.05) is 42.0 Å². The number of benzene rings is 1. The first-order valence-electron chi connectivity index (χ1n) is 5.08. The van der Waals surface area contributed by atoms with Gasteiger partial charge in [-0.2, -0.15) is 0 Å². The third-order valence-electron chi connectivity index (χ3n) is 2.25. The Kier molecular flexibility index (Phi) is 5.39. The summed E-state index contributed by atoms with van der Waals surface area (Å²) in [6.45, 7) is 2.18. The van der Waals surface area contributed by atoms with E-state index < -0.39 is 0 Å². The summed E-state index contributed by atoms with van der Waals surface area (Å²) in [4.78, 5) is 0. The van der Waals surface area contributed by atoms with Crippen LogP contribution in [0.4, 0.5) is 0 Å². The van der Waals surface area contributed by atoms with Gasteiger partial charge in [-0.3, -0.25) is 0 Å². The van der Waals surface area contributed by atoms with Crippen LogP contribution in [0.3, 0.4) is 0 Å². The second-order valence-corrected chi connectivity index (χ2v) is 3.89. The molecule has 1 aromatic rings. The van der Waals surface area contributed by atoms with Crippen LogP contribution in [0.1, 0.15) is 25.3 Å². The van der Waals surface area contributed by atoms with Crippen molar-refractivity contribution in [3.8, 4) is 0 Å². The van der Waals surface area contributed by atoms with Crippen LogP contribution in [0, 0.1) is 0 Å². The highest BCUT2D eigenvalue weighted by atomic mass is 35.5. The molecule has 1 aromatic carbocycles. The lowest BCUT2D eigenvalue weighted by Crippen LogP contribution is -1.86. The van der Waals surface area contributed by atoms with E-state index in [1.54, 1.807) is 0 Å². The highest BCUT2D eigenvalue weighted by Gasteiger charge is 1.93. The van der Waals surface area contributed by atoms with Crippen molar-refractivity contribution in [1.82, 2.24) is 0 Å².